The van der Waals surface area contributed by atoms with E-state index >= 15 is 0 Å². The minimum atomic E-state index is -4.64. The standard InChI is InChI=1S/C8H4BrClF3NO/c9-6-4(14)2-1-3(8(11,12)13)5(6)7(10)15/h1-2H,14H2. The molecular weight excluding hydrogens is 298 g/mol. The van der Waals surface area contributed by atoms with Gasteiger partial charge in [-0.2, -0.15) is 13.2 Å². The molecule has 0 aliphatic carbocycles. The molecule has 0 atom stereocenters. The van der Waals surface area contributed by atoms with Crippen molar-refractivity contribution in [3.05, 3.63) is 27.7 Å². The van der Waals surface area contributed by atoms with Gasteiger partial charge in [-0.05, 0) is 39.7 Å². The van der Waals surface area contributed by atoms with Crippen LogP contribution in [0.25, 0.3) is 0 Å². The summed E-state index contributed by atoms with van der Waals surface area (Å²) in [5, 5.41) is -1.21. The van der Waals surface area contributed by atoms with Crippen LogP contribution >= 0.6 is 27.5 Å². The van der Waals surface area contributed by atoms with Crippen molar-refractivity contribution in [3.63, 3.8) is 0 Å². The summed E-state index contributed by atoms with van der Waals surface area (Å²) < 4.78 is 37.2. The van der Waals surface area contributed by atoms with Crippen LogP contribution in [0.1, 0.15) is 15.9 Å². The number of carbonyl (C=O) groups is 1. The zero-order valence-corrected chi connectivity index (χ0v) is 9.37. The van der Waals surface area contributed by atoms with Gasteiger partial charge in [0.25, 0.3) is 5.24 Å². The van der Waals surface area contributed by atoms with Crippen LogP contribution in [0, 0.1) is 0 Å². The molecule has 0 fully saturated rings. The molecule has 82 valence electrons. The maximum atomic E-state index is 12.4. The number of halogens is 5. The minimum Gasteiger partial charge on any atom is -0.398 e. The number of anilines is 1. The molecule has 1 aromatic rings. The second-order valence-electron chi connectivity index (χ2n) is 2.66. The molecule has 0 aliphatic heterocycles. The normalized spacial score (nSPS) is 11.5. The van der Waals surface area contributed by atoms with E-state index in [9.17, 15) is 18.0 Å². The van der Waals surface area contributed by atoms with Gasteiger partial charge in [-0.15, -0.1) is 0 Å². The lowest BCUT2D eigenvalue weighted by atomic mass is 10.1. The van der Waals surface area contributed by atoms with Gasteiger partial charge in [0.15, 0.2) is 0 Å². The summed E-state index contributed by atoms with van der Waals surface area (Å²) in [5.74, 6) is 0. The predicted octanol–water partition coefficient (Wildman–Crippen LogP) is 3.43. The van der Waals surface area contributed by atoms with Crippen molar-refractivity contribution in [2.45, 2.75) is 6.18 Å². The summed E-state index contributed by atoms with van der Waals surface area (Å²) >= 11 is 7.86. The number of hydrogen-bond acceptors (Lipinski definition) is 2. The SMILES string of the molecule is Nc1ccc(C(F)(F)F)c(C(=O)Cl)c1Br. The third-order valence-electron chi connectivity index (χ3n) is 1.67. The molecule has 0 saturated carbocycles. The van der Waals surface area contributed by atoms with Crippen LogP contribution in [0.5, 0.6) is 0 Å². The molecule has 0 radical (unpaired) electrons. The van der Waals surface area contributed by atoms with Gasteiger partial charge in [-0.1, -0.05) is 0 Å². The third-order valence-corrected chi connectivity index (χ3v) is 2.72. The zero-order valence-electron chi connectivity index (χ0n) is 7.03. The second-order valence-corrected chi connectivity index (χ2v) is 3.80. The topological polar surface area (TPSA) is 43.1 Å². The Kier molecular flexibility index (Phi) is 3.30. The first-order valence-electron chi connectivity index (χ1n) is 3.60. The van der Waals surface area contributed by atoms with E-state index in [0.29, 0.717) is 0 Å². The van der Waals surface area contributed by atoms with E-state index in [2.05, 4.69) is 15.9 Å². The molecule has 2 nitrogen and oxygen atoms in total. The fourth-order valence-electron chi connectivity index (χ4n) is 1.02. The molecule has 1 aromatic carbocycles. The van der Waals surface area contributed by atoms with Crippen molar-refractivity contribution < 1.29 is 18.0 Å². The number of hydrogen-bond donors (Lipinski definition) is 1. The first-order valence-corrected chi connectivity index (χ1v) is 4.77. The largest absolute Gasteiger partial charge is 0.417 e. The molecule has 15 heavy (non-hydrogen) atoms. The monoisotopic (exact) mass is 301 g/mol. The Morgan fingerprint density at radius 1 is 1.40 bits per heavy atom. The van der Waals surface area contributed by atoms with Crippen molar-refractivity contribution in [3.8, 4) is 0 Å². The third kappa shape index (κ3) is 2.43. The Morgan fingerprint density at radius 2 is 1.93 bits per heavy atom. The molecular formula is C8H4BrClF3NO. The number of nitrogens with two attached hydrogens (primary N) is 1. The maximum Gasteiger partial charge on any atom is 0.417 e. The summed E-state index contributed by atoms with van der Waals surface area (Å²) in [6.45, 7) is 0. The Labute approximate surface area is 96.3 Å². The summed E-state index contributed by atoms with van der Waals surface area (Å²) in [5.41, 5.74) is 3.60. The maximum absolute atomic E-state index is 12.4. The van der Waals surface area contributed by atoms with Gasteiger partial charge >= 0.3 is 6.18 Å². The Morgan fingerprint density at radius 3 is 2.33 bits per heavy atom. The average molecular weight is 302 g/mol. The highest BCUT2D eigenvalue weighted by atomic mass is 79.9. The number of carbonyl (C=O) groups excluding carboxylic acids is 1. The summed E-state index contributed by atoms with van der Waals surface area (Å²) in [7, 11) is 0. The number of rotatable bonds is 1. The number of benzene rings is 1. The van der Waals surface area contributed by atoms with Gasteiger partial charge in [0.1, 0.15) is 0 Å². The second kappa shape index (κ2) is 4.02. The molecule has 1 rings (SSSR count). The first kappa shape index (κ1) is 12.3. The van der Waals surface area contributed by atoms with Crippen molar-refractivity contribution in [1.29, 1.82) is 0 Å². The molecule has 0 aliphatic rings. The van der Waals surface area contributed by atoms with Crippen LogP contribution in [-0.2, 0) is 6.18 Å². The van der Waals surface area contributed by atoms with E-state index in [0.717, 1.165) is 12.1 Å². The average Bonchev–Trinajstić information content (AvgIpc) is 2.06. The Bertz CT molecular complexity index is 419. The van der Waals surface area contributed by atoms with E-state index in [1.54, 1.807) is 0 Å². The highest BCUT2D eigenvalue weighted by molar-refractivity contribution is 9.10. The van der Waals surface area contributed by atoms with Crippen molar-refractivity contribution in [2.75, 3.05) is 5.73 Å². The molecule has 0 saturated heterocycles. The van der Waals surface area contributed by atoms with Gasteiger partial charge in [0, 0.05) is 5.69 Å². The van der Waals surface area contributed by atoms with E-state index < -0.39 is 22.5 Å². The molecule has 7 heteroatoms. The van der Waals surface area contributed by atoms with Crippen LogP contribution in [-0.4, -0.2) is 5.24 Å². The Balaban J connectivity index is 3.55. The van der Waals surface area contributed by atoms with Gasteiger partial charge < -0.3 is 5.73 Å². The van der Waals surface area contributed by atoms with Gasteiger partial charge in [-0.3, -0.25) is 4.79 Å². The highest BCUT2D eigenvalue weighted by Crippen LogP contribution is 2.38. The highest BCUT2D eigenvalue weighted by Gasteiger charge is 2.36. The van der Waals surface area contributed by atoms with Crippen LogP contribution < -0.4 is 5.73 Å². The number of alkyl halides is 3. The summed E-state index contributed by atoms with van der Waals surface area (Å²) in [6, 6.07) is 1.77. The lowest BCUT2D eigenvalue weighted by Gasteiger charge is -2.12. The van der Waals surface area contributed by atoms with Crippen LogP contribution in [0.15, 0.2) is 16.6 Å². The van der Waals surface area contributed by atoms with Gasteiger partial charge in [0.2, 0.25) is 0 Å². The zero-order chi connectivity index (χ0) is 11.8. The molecule has 0 unspecified atom stereocenters. The van der Waals surface area contributed by atoms with Gasteiger partial charge in [0.05, 0.1) is 15.6 Å². The fraction of sp³-hybridized carbons (Fsp3) is 0.125. The fourth-order valence-corrected chi connectivity index (χ4v) is 1.86. The molecule has 0 heterocycles. The van der Waals surface area contributed by atoms with Gasteiger partial charge in [-0.25, -0.2) is 0 Å². The first-order chi connectivity index (χ1) is 6.75. The molecule has 0 spiro atoms. The quantitative estimate of drug-likeness (QED) is 0.638. The Hall–Kier alpha value is -0.750. The minimum absolute atomic E-state index is 0.0204. The lowest BCUT2D eigenvalue weighted by molar-refractivity contribution is -0.137. The van der Waals surface area contributed by atoms with Crippen LogP contribution in [0.4, 0.5) is 18.9 Å². The van der Waals surface area contributed by atoms with Crippen molar-refractivity contribution in [2.24, 2.45) is 0 Å². The predicted molar refractivity (Wildman–Crippen MR) is 53.7 cm³/mol. The van der Waals surface area contributed by atoms with Crippen LogP contribution in [0.2, 0.25) is 0 Å². The lowest BCUT2D eigenvalue weighted by Crippen LogP contribution is -2.12. The van der Waals surface area contributed by atoms with Crippen molar-refractivity contribution in [1.82, 2.24) is 0 Å². The van der Waals surface area contributed by atoms with Crippen LogP contribution in [0.3, 0.4) is 0 Å². The summed E-state index contributed by atoms with van der Waals surface area (Å²) in [4.78, 5) is 10.9. The summed E-state index contributed by atoms with van der Waals surface area (Å²) in [6.07, 6.45) is -4.64. The van der Waals surface area contributed by atoms with E-state index in [1.807, 2.05) is 0 Å². The molecule has 0 bridgehead atoms. The van der Waals surface area contributed by atoms with E-state index in [1.165, 1.54) is 0 Å². The van der Waals surface area contributed by atoms with E-state index in [4.69, 9.17) is 17.3 Å². The van der Waals surface area contributed by atoms with Crippen molar-refractivity contribution >= 4 is 38.5 Å². The smallest absolute Gasteiger partial charge is 0.398 e. The van der Waals surface area contributed by atoms with E-state index in [-0.39, 0.29) is 10.2 Å². The molecule has 2 N–H and O–H groups in total. The number of nitrogen functional groups attached to an aromatic ring is 1. The molecule has 0 aromatic heterocycles. The molecule has 0 amide bonds.